The number of nitrogens with one attached hydrogen (secondary N) is 1. The molecular formula is C7H17NOS. The molecule has 0 saturated carbocycles. The van der Waals surface area contributed by atoms with Crippen LogP contribution in [0.1, 0.15) is 20.3 Å². The molecule has 0 heterocycles. The highest BCUT2D eigenvalue weighted by Gasteiger charge is 1.85. The molecule has 62 valence electrons. The Morgan fingerprint density at radius 2 is 2.20 bits per heavy atom. The van der Waals surface area contributed by atoms with Gasteiger partial charge in [0.1, 0.15) is 0 Å². The topological polar surface area (TPSA) is 21.3 Å². The Labute approximate surface area is 67.7 Å². The minimum atomic E-state index is 0.816. The molecule has 0 aromatic carbocycles. The van der Waals surface area contributed by atoms with Crippen molar-refractivity contribution in [2.45, 2.75) is 20.3 Å². The van der Waals surface area contributed by atoms with Crippen LogP contribution < -0.4 is 5.48 Å². The zero-order chi connectivity index (χ0) is 7.66. The van der Waals surface area contributed by atoms with Crippen LogP contribution >= 0.6 is 11.8 Å². The van der Waals surface area contributed by atoms with Gasteiger partial charge in [-0.3, -0.25) is 0 Å². The Balaban J connectivity index is 2.65. The van der Waals surface area contributed by atoms with Gasteiger partial charge >= 0.3 is 0 Å². The first-order chi connectivity index (χ1) is 4.91. The molecule has 0 aromatic heterocycles. The summed E-state index contributed by atoms with van der Waals surface area (Å²) in [6.07, 6.45) is 1.08. The van der Waals surface area contributed by atoms with Crippen molar-refractivity contribution in [3.63, 3.8) is 0 Å². The van der Waals surface area contributed by atoms with Crippen LogP contribution in [-0.4, -0.2) is 24.7 Å². The van der Waals surface area contributed by atoms with Gasteiger partial charge in [0.25, 0.3) is 0 Å². The minimum absolute atomic E-state index is 0.816. The van der Waals surface area contributed by atoms with Crippen molar-refractivity contribution in [3.05, 3.63) is 0 Å². The summed E-state index contributed by atoms with van der Waals surface area (Å²) < 4.78 is 0. The van der Waals surface area contributed by atoms with Crippen molar-refractivity contribution in [1.29, 1.82) is 0 Å². The van der Waals surface area contributed by atoms with Crippen molar-refractivity contribution < 1.29 is 4.84 Å². The third-order valence-electron chi connectivity index (χ3n) is 0.961. The van der Waals surface area contributed by atoms with Gasteiger partial charge in [0.2, 0.25) is 0 Å². The maximum absolute atomic E-state index is 5.07. The maximum atomic E-state index is 5.07. The molecule has 0 radical (unpaired) electrons. The quantitative estimate of drug-likeness (QED) is 0.455. The molecule has 0 bridgehead atoms. The van der Waals surface area contributed by atoms with Gasteiger partial charge in [-0.25, -0.2) is 5.48 Å². The normalized spacial score (nSPS) is 10.2. The average molecular weight is 163 g/mol. The third-order valence-corrected chi connectivity index (χ3v) is 1.86. The van der Waals surface area contributed by atoms with Gasteiger partial charge in [0.05, 0.1) is 6.61 Å². The lowest BCUT2D eigenvalue weighted by Crippen LogP contribution is -2.18. The standard InChI is InChI=1S/C7H17NOS/c1-3-6-9-8-5-7-10-4-2/h8H,3-7H2,1-2H3. The zero-order valence-corrected chi connectivity index (χ0v) is 7.67. The van der Waals surface area contributed by atoms with E-state index < -0.39 is 0 Å². The SMILES string of the molecule is CCCONCCSCC. The summed E-state index contributed by atoms with van der Waals surface area (Å²) in [5.74, 6) is 2.33. The van der Waals surface area contributed by atoms with E-state index in [9.17, 15) is 0 Å². The molecule has 2 nitrogen and oxygen atoms in total. The Morgan fingerprint density at radius 1 is 1.40 bits per heavy atom. The molecule has 0 saturated heterocycles. The summed E-state index contributed by atoms with van der Waals surface area (Å²) in [6, 6.07) is 0. The van der Waals surface area contributed by atoms with E-state index in [0.29, 0.717) is 0 Å². The molecule has 0 fully saturated rings. The van der Waals surface area contributed by atoms with Crippen molar-refractivity contribution in [2.75, 3.05) is 24.7 Å². The van der Waals surface area contributed by atoms with Crippen molar-refractivity contribution in [2.24, 2.45) is 0 Å². The summed E-state index contributed by atoms with van der Waals surface area (Å²) in [5.41, 5.74) is 2.90. The molecule has 0 rings (SSSR count). The summed E-state index contributed by atoms with van der Waals surface area (Å²) in [7, 11) is 0. The Hall–Kier alpha value is 0.270. The lowest BCUT2D eigenvalue weighted by atomic mass is 10.5. The minimum Gasteiger partial charge on any atom is -0.302 e. The van der Waals surface area contributed by atoms with Crippen molar-refractivity contribution in [3.8, 4) is 0 Å². The van der Waals surface area contributed by atoms with Crippen LogP contribution in [0.25, 0.3) is 0 Å². The Kier molecular flexibility index (Phi) is 9.52. The van der Waals surface area contributed by atoms with E-state index in [1.165, 1.54) is 5.75 Å². The highest BCUT2D eigenvalue weighted by Crippen LogP contribution is 1.94. The molecule has 0 aliphatic carbocycles. The molecule has 0 atom stereocenters. The predicted octanol–water partition coefficient (Wildman–Crippen LogP) is 1.67. The first-order valence-electron chi connectivity index (χ1n) is 3.84. The van der Waals surface area contributed by atoms with Crippen molar-refractivity contribution in [1.82, 2.24) is 5.48 Å². The van der Waals surface area contributed by atoms with E-state index in [4.69, 9.17) is 4.84 Å². The third kappa shape index (κ3) is 8.27. The molecule has 10 heavy (non-hydrogen) atoms. The lowest BCUT2D eigenvalue weighted by Gasteiger charge is -2.02. The fourth-order valence-corrected chi connectivity index (χ4v) is 1.02. The summed E-state index contributed by atoms with van der Waals surface area (Å²) in [5, 5.41) is 0. The molecule has 0 aliphatic rings. The molecule has 0 unspecified atom stereocenters. The van der Waals surface area contributed by atoms with E-state index in [1.54, 1.807) is 0 Å². The van der Waals surface area contributed by atoms with Gasteiger partial charge in [-0.2, -0.15) is 11.8 Å². The molecule has 0 amide bonds. The molecule has 1 N–H and O–H groups in total. The van der Waals surface area contributed by atoms with Crippen LogP contribution in [0, 0.1) is 0 Å². The Morgan fingerprint density at radius 3 is 2.80 bits per heavy atom. The second kappa shape index (κ2) is 9.27. The van der Waals surface area contributed by atoms with E-state index in [0.717, 1.165) is 25.3 Å². The zero-order valence-electron chi connectivity index (χ0n) is 6.85. The van der Waals surface area contributed by atoms with Gasteiger partial charge in [-0.15, -0.1) is 0 Å². The molecule has 0 aliphatic heterocycles. The van der Waals surface area contributed by atoms with E-state index >= 15 is 0 Å². The monoisotopic (exact) mass is 163 g/mol. The summed E-state index contributed by atoms with van der Waals surface area (Å²) in [6.45, 7) is 6.04. The summed E-state index contributed by atoms with van der Waals surface area (Å²) in [4.78, 5) is 5.07. The highest BCUT2D eigenvalue weighted by atomic mass is 32.2. The van der Waals surface area contributed by atoms with E-state index in [1.807, 2.05) is 11.8 Å². The number of hydrogen-bond acceptors (Lipinski definition) is 3. The largest absolute Gasteiger partial charge is 0.302 e. The number of thioether (sulfide) groups is 1. The first-order valence-corrected chi connectivity index (χ1v) is 4.99. The molecular weight excluding hydrogens is 146 g/mol. The fourth-order valence-electron chi connectivity index (χ4n) is 0.505. The second-order valence-electron chi connectivity index (χ2n) is 1.94. The van der Waals surface area contributed by atoms with Crippen LogP contribution in [0.3, 0.4) is 0 Å². The van der Waals surface area contributed by atoms with Crippen LogP contribution in [0.4, 0.5) is 0 Å². The van der Waals surface area contributed by atoms with Crippen LogP contribution in [-0.2, 0) is 4.84 Å². The average Bonchev–Trinajstić information content (AvgIpc) is 1.97. The second-order valence-corrected chi connectivity index (χ2v) is 3.33. The molecule has 3 heteroatoms. The van der Waals surface area contributed by atoms with Crippen LogP contribution in [0.15, 0.2) is 0 Å². The Bertz CT molecular complexity index is 53.6. The predicted molar refractivity (Wildman–Crippen MR) is 47.2 cm³/mol. The first kappa shape index (κ1) is 10.3. The molecule has 0 spiro atoms. The van der Waals surface area contributed by atoms with Gasteiger partial charge in [0.15, 0.2) is 0 Å². The van der Waals surface area contributed by atoms with Crippen LogP contribution in [0.5, 0.6) is 0 Å². The smallest absolute Gasteiger partial charge is 0.0679 e. The number of hydrogen-bond donors (Lipinski definition) is 1. The van der Waals surface area contributed by atoms with E-state index in [-0.39, 0.29) is 0 Å². The maximum Gasteiger partial charge on any atom is 0.0679 e. The van der Waals surface area contributed by atoms with Gasteiger partial charge < -0.3 is 4.84 Å². The van der Waals surface area contributed by atoms with Crippen molar-refractivity contribution >= 4 is 11.8 Å². The molecule has 0 aromatic rings. The number of rotatable bonds is 7. The van der Waals surface area contributed by atoms with E-state index in [2.05, 4.69) is 19.3 Å². The lowest BCUT2D eigenvalue weighted by molar-refractivity contribution is 0.0458. The van der Waals surface area contributed by atoms with Crippen LogP contribution in [0.2, 0.25) is 0 Å². The highest BCUT2D eigenvalue weighted by molar-refractivity contribution is 7.99. The summed E-state index contributed by atoms with van der Waals surface area (Å²) >= 11 is 1.92. The fraction of sp³-hybridized carbons (Fsp3) is 1.00. The van der Waals surface area contributed by atoms with Gasteiger partial charge in [0, 0.05) is 12.3 Å². The number of hydroxylamine groups is 1. The van der Waals surface area contributed by atoms with Gasteiger partial charge in [-0.05, 0) is 12.2 Å². The van der Waals surface area contributed by atoms with Gasteiger partial charge in [-0.1, -0.05) is 13.8 Å².